The first kappa shape index (κ1) is 16.3. The van der Waals surface area contributed by atoms with Crippen LogP contribution >= 0.6 is 11.8 Å². The van der Waals surface area contributed by atoms with Gasteiger partial charge < -0.3 is 20.5 Å². The molecule has 3 N–H and O–H groups in total. The molecule has 2 atom stereocenters. The molecule has 1 saturated heterocycles. The predicted molar refractivity (Wildman–Crippen MR) is 74.1 cm³/mol. The van der Waals surface area contributed by atoms with Crippen LogP contribution in [0.5, 0.6) is 0 Å². The molecule has 0 bridgehead atoms. The molecule has 0 aromatic heterocycles. The number of nitrogens with two attached hydrogens (primary N) is 1. The second-order valence-electron chi connectivity index (χ2n) is 5.23. The van der Waals surface area contributed by atoms with Gasteiger partial charge in [0.2, 0.25) is 5.91 Å². The number of carboxylic acid groups (broad SMARTS) is 1. The van der Waals surface area contributed by atoms with E-state index in [0.717, 1.165) is 0 Å². The van der Waals surface area contributed by atoms with Crippen molar-refractivity contribution in [3.63, 3.8) is 0 Å². The first-order chi connectivity index (χ1) is 8.74. The molecule has 1 fully saturated rings. The zero-order valence-electron chi connectivity index (χ0n) is 11.6. The summed E-state index contributed by atoms with van der Waals surface area (Å²) in [7, 11) is 0. The fraction of sp³-hybridized carbons (Fsp3) is 0.833. The maximum absolute atomic E-state index is 12.0. The first-order valence-electron chi connectivity index (χ1n) is 6.25. The van der Waals surface area contributed by atoms with E-state index < -0.39 is 16.8 Å². The lowest BCUT2D eigenvalue weighted by Gasteiger charge is -2.33. The van der Waals surface area contributed by atoms with Crippen LogP contribution in [0.3, 0.4) is 0 Å². The predicted octanol–water partition coefficient (Wildman–Crippen LogP) is 0.157. The van der Waals surface area contributed by atoms with Crippen LogP contribution < -0.4 is 5.73 Å². The number of carbonyl (C=O) groups is 2. The highest BCUT2D eigenvalue weighted by molar-refractivity contribution is 8.01. The zero-order valence-corrected chi connectivity index (χ0v) is 12.4. The van der Waals surface area contributed by atoms with Crippen LogP contribution in [0.2, 0.25) is 0 Å². The molecule has 6 nitrogen and oxygen atoms in total. The normalized spacial score (nSPS) is 22.1. The minimum absolute atomic E-state index is 0.00538. The fourth-order valence-electron chi connectivity index (χ4n) is 1.77. The van der Waals surface area contributed by atoms with Gasteiger partial charge in [0.25, 0.3) is 0 Å². The van der Waals surface area contributed by atoms with Gasteiger partial charge in [0.1, 0.15) is 6.04 Å². The Balaban J connectivity index is 2.47. The number of amides is 1. The molecule has 0 radical (unpaired) electrons. The van der Waals surface area contributed by atoms with Gasteiger partial charge in [-0.15, -0.1) is 11.8 Å². The van der Waals surface area contributed by atoms with Crippen LogP contribution in [0.1, 0.15) is 20.8 Å². The second kappa shape index (κ2) is 6.58. The second-order valence-corrected chi connectivity index (χ2v) is 6.86. The van der Waals surface area contributed by atoms with Crippen molar-refractivity contribution in [2.24, 2.45) is 5.73 Å². The van der Waals surface area contributed by atoms with E-state index in [1.807, 2.05) is 6.92 Å². The Bertz CT molecular complexity index is 349. The molecule has 0 saturated carbocycles. The third-order valence-electron chi connectivity index (χ3n) is 3.18. The van der Waals surface area contributed by atoms with Crippen LogP contribution in [0.4, 0.5) is 0 Å². The van der Waals surface area contributed by atoms with Crippen LogP contribution in [0.15, 0.2) is 0 Å². The average Bonchev–Trinajstić information content (AvgIpc) is 2.35. The third kappa shape index (κ3) is 4.67. The number of nitrogens with zero attached hydrogens (tertiary/aromatic N) is 1. The highest BCUT2D eigenvalue weighted by Gasteiger charge is 2.34. The molecule has 7 heteroatoms. The molecule has 1 aliphatic rings. The summed E-state index contributed by atoms with van der Waals surface area (Å²) < 4.78 is 4.69. The number of aliphatic carboxylic acids is 1. The number of hydrogen-bond donors (Lipinski definition) is 2. The van der Waals surface area contributed by atoms with Crippen molar-refractivity contribution in [2.45, 2.75) is 37.7 Å². The topological polar surface area (TPSA) is 92.9 Å². The van der Waals surface area contributed by atoms with Crippen molar-refractivity contribution in [3.05, 3.63) is 0 Å². The standard InChI is InChI=1S/C12H22N2O4S/c1-8-6-14(4-5-18-8)9(15)7-19-12(2,3)10(13)11(16)17/h8,10H,4-7,13H2,1-3H3,(H,16,17)/t8?,10-/m1/s1. The van der Waals surface area contributed by atoms with Crippen molar-refractivity contribution in [3.8, 4) is 0 Å². The Morgan fingerprint density at radius 1 is 1.58 bits per heavy atom. The molecule has 0 aromatic rings. The van der Waals surface area contributed by atoms with Crippen LogP contribution in [-0.4, -0.2) is 64.2 Å². The summed E-state index contributed by atoms with van der Waals surface area (Å²) in [5.74, 6) is -0.809. The minimum Gasteiger partial charge on any atom is -0.480 e. The van der Waals surface area contributed by atoms with Crippen LogP contribution in [0.25, 0.3) is 0 Å². The van der Waals surface area contributed by atoms with E-state index in [2.05, 4.69) is 0 Å². The summed E-state index contributed by atoms with van der Waals surface area (Å²) in [6, 6.07) is -0.992. The van der Waals surface area contributed by atoms with E-state index in [-0.39, 0.29) is 17.8 Å². The lowest BCUT2D eigenvalue weighted by atomic mass is 10.1. The summed E-state index contributed by atoms with van der Waals surface area (Å²) in [6.45, 7) is 7.14. The van der Waals surface area contributed by atoms with Gasteiger partial charge in [-0.05, 0) is 20.8 Å². The van der Waals surface area contributed by atoms with Gasteiger partial charge >= 0.3 is 5.97 Å². The maximum Gasteiger partial charge on any atom is 0.321 e. The summed E-state index contributed by atoms with van der Waals surface area (Å²) in [6.07, 6.45) is 0.0528. The van der Waals surface area contributed by atoms with Gasteiger partial charge in [-0.2, -0.15) is 0 Å². The van der Waals surface area contributed by atoms with Crippen molar-refractivity contribution in [1.82, 2.24) is 4.90 Å². The van der Waals surface area contributed by atoms with Gasteiger partial charge in [-0.1, -0.05) is 0 Å². The fourth-order valence-corrected chi connectivity index (χ4v) is 2.73. The molecule has 110 valence electrons. The van der Waals surface area contributed by atoms with Crippen LogP contribution in [-0.2, 0) is 14.3 Å². The molecule has 1 rings (SSSR count). The summed E-state index contributed by atoms with van der Waals surface area (Å²) in [4.78, 5) is 24.7. The largest absolute Gasteiger partial charge is 0.480 e. The Morgan fingerprint density at radius 2 is 2.21 bits per heavy atom. The Kier molecular flexibility index (Phi) is 5.64. The SMILES string of the molecule is CC1CN(C(=O)CSC(C)(C)[C@H](N)C(=O)O)CCO1. The lowest BCUT2D eigenvalue weighted by molar-refractivity contribution is -0.139. The zero-order chi connectivity index (χ0) is 14.6. The van der Waals surface area contributed by atoms with Gasteiger partial charge in [-0.3, -0.25) is 9.59 Å². The molecule has 0 aromatic carbocycles. The monoisotopic (exact) mass is 290 g/mol. The van der Waals surface area contributed by atoms with Crippen molar-refractivity contribution in [1.29, 1.82) is 0 Å². The van der Waals surface area contributed by atoms with Gasteiger partial charge in [0, 0.05) is 17.8 Å². The number of hydrogen-bond acceptors (Lipinski definition) is 5. The molecular weight excluding hydrogens is 268 g/mol. The highest BCUT2D eigenvalue weighted by Crippen LogP contribution is 2.27. The number of ether oxygens (including phenoxy) is 1. The summed E-state index contributed by atoms with van der Waals surface area (Å²) in [5.41, 5.74) is 5.62. The molecule has 0 spiro atoms. The first-order valence-corrected chi connectivity index (χ1v) is 7.24. The summed E-state index contributed by atoms with van der Waals surface area (Å²) in [5, 5.41) is 8.92. The van der Waals surface area contributed by atoms with E-state index in [0.29, 0.717) is 19.7 Å². The number of carboxylic acids is 1. The van der Waals surface area contributed by atoms with Crippen molar-refractivity contribution in [2.75, 3.05) is 25.4 Å². The molecule has 1 unspecified atom stereocenters. The van der Waals surface area contributed by atoms with Crippen molar-refractivity contribution >= 4 is 23.6 Å². The quantitative estimate of drug-likeness (QED) is 0.749. The average molecular weight is 290 g/mol. The Labute approximate surface area is 117 Å². The number of thioether (sulfide) groups is 1. The maximum atomic E-state index is 12.0. The molecule has 1 aliphatic heterocycles. The molecular formula is C12H22N2O4S. The molecule has 0 aliphatic carbocycles. The van der Waals surface area contributed by atoms with E-state index >= 15 is 0 Å². The minimum atomic E-state index is -1.05. The van der Waals surface area contributed by atoms with Gasteiger partial charge in [0.15, 0.2) is 0 Å². The Hall–Kier alpha value is -0.790. The van der Waals surface area contributed by atoms with E-state index in [1.165, 1.54) is 11.8 Å². The van der Waals surface area contributed by atoms with Crippen LogP contribution in [0, 0.1) is 0 Å². The number of morpholine rings is 1. The summed E-state index contributed by atoms with van der Waals surface area (Å²) >= 11 is 1.28. The lowest BCUT2D eigenvalue weighted by Crippen LogP contribution is -2.49. The number of carbonyl (C=O) groups excluding carboxylic acids is 1. The van der Waals surface area contributed by atoms with E-state index in [1.54, 1.807) is 18.7 Å². The molecule has 1 amide bonds. The smallest absolute Gasteiger partial charge is 0.321 e. The van der Waals surface area contributed by atoms with E-state index in [9.17, 15) is 9.59 Å². The molecule has 19 heavy (non-hydrogen) atoms. The van der Waals surface area contributed by atoms with Crippen molar-refractivity contribution < 1.29 is 19.4 Å². The third-order valence-corrected chi connectivity index (χ3v) is 4.57. The van der Waals surface area contributed by atoms with Gasteiger partial charge in [-0.25, -0.2) is 0 Å². The Morgan fingerprint density at radius 3 is 2.74 bits per heavy atom. The highest BCUT2D eigenvalue weighted by atomic mass is 32.2. The number of rotatable bonds is 5. The molecule has 1 heterocycles. The van der Waals surface area contributed by atoms with E-state index in [4.69, 9.17) is 15.6 Å². The van der Waals surface area contributed by atoms with Gasteiger partial charge in [0.05, 0.1) is 18.5 Å².